The number of hydrogen-bond acceptors (Lipinski definition) is 7. The molecular formula is C23H27F3N8O2. The van der Waals surface area contributed by atoms with Gasteiger partial charge in [-0.2, -0.15) is 18.3 Å². The molecular weight excluding hydrogens is 477 g/mol. The standard InChI is InChI=1S/C23H27F3N8O2/c1-22(2)5-4-13(8-29-22)31-21-28-11-16(23(24,25)26)17(32-21)15-10-27-18-19(15)36-7-6-34(20(18)35)14-9-30-33(3)12-14/h9-13,27,29H,4-8H2,1-3H3,(H,28,31,32). The van der Waals surface area contributed by atoms with Crippen molar-refractivity contribution < 1.29 is 22.7 Å². The van der Waals surface area contributed by atoms with E-state index in [0.29, 0.717) is 12.2 Å². The maximum Gasteiger partial charge on any atom is 0.420 e. The molecule has 0 bridgehead atoms. The number of ether oxygens (including phenoxy) is 1. The Hall–Kier alpha value is -3.61. The fourth-order valence-electron chi connectivity index (χ4n) is 4.46. The van der Waals surface area contributed by atoms with Crippen molar-refractivity contribution in [1.29, 1.82) is 0 Å². The topological polar surface area (TPSA) is 113 Å². The number of nitrogens with zero attached hydrogens (tertiary/aromatic N) is 5. The molecule has 0 spiro atoms. The van der Waals surface area contributed by atoms with Crippen molar-refractivity contribution in [3.05, 3.63) is 36.0 Å². The lowest BCUT2D eigenvalue weighted by molar-refractivity contribution is -0.137. The van der Waals surface area contributed by atoms with Crippen molar-refractivity contribution in [2.24, 2.45) is 7.05 Å². The number of fused-ring (bicyclic) bond motifs is 1. The molecule has 192 valence electrons. The molecule has 0 aliphatic carbocycles. The van der Waals surface area contributed by atoms with E-state index >= 15 is 0 Å². The summed E-state index contributed by atoms with van der Waals surface area (Å²) >= 11 is 0. The van der Waals surface area contributed by atoms with E-state index in [1.807, 2.05) is 0 Å². The SMILES string of the molecule is Cn1cc(N2CCOc3c(-c4nc(NC5CCC(C)(C)NC5)ncc4C(F)(F)F)c[nH]c3C2=O)cn1. The van der Waals surface area contributed by atoms with Gasteiger partial charge in [0, 0.05) is 43.8 Å². The number of piperidine rings is 1. The molecule has 5 heterocycles. The smallest absolute Gasteiger partial charge is 0.420 e. The number of H-pyrrole nitrogens is 1. The zero-order valence-electron chi connectivity index (χ0n) is 20.1. The van der Waals surface area contributed by atoms with Crippen LogP contribution in [-0.2, 0) is 13.2 Å². The Morgan fingerprint density at radius 3 is 2.75 bits per heavy atom. The number of nitrogens with one attached hydrogen (secondary N) is 3. The second kappa shape index (κ2) is 8.80. The molecule has 3 N–H and O–H groups in total. The van der Waals surface area contributed by atoms with Crippen LogP contribution >= 0.6 is 0 Å². The number of aromatic amines is 1. The summed E-state index contributed by atoms with van der Waals surface area (Å²) in [6.45, 7) is 5.13. The Morgan fingerprint density at radius 1 is 1.28 bits per heavy atom. The molecule has 2 aliphatic rings. The summed E-state index contributed by atoms with van der Waals surface area (Å²) in [5.41, 5.74) is -0.714. The fraction of sp³-hybridized carbons (Fsp3) is 0.478. The van der Waals surface area contributed by atoms with Crippen LogP contribution in [-0.4, -0.2) is 61.9 Å². The third-order valence-corrected chi connectivity index (χ3v) is 6.48. The highest BCUT2D eigenvalue weighted by atomic mass is 19.4. The van der Waals surface area contributed by atoms with Crippen LogP contribution in [0.5, 0.6) is 5.75 Å². The minimum atomic E-state index is -4.70. The first-order valence-electron chi connectivity index (χ1n) is 11.6. The number of aromatic nitrogens is 5. The van der Waals surface area contributed by atoms with Gasteiger partial charge < -0.3 is 25.3 Å². The monoisotopic (exact) mass is 504 g/mol. The molecule has 5 rings (SSSR count). The summed E-state index contributed by atoms with van der Waals surface area (Å²) < 4.78 is 49.2. The third-order valence-electron chi connectivity index (χ3n) is 6.48. The van der Waals surface area contributed by atoms with Gasteiger partial charge in [-0.3, -0.25) is 9.48 Å². The molecule has 0 saturated carbocycles. The maximum absolute atomic E-state index is 13.9. The number of halogens is 3. The number of amides is 1. The fourth-order valence-corrected chi connectivity index (χ4v) is 4.46. The van der Waals surface area contributed by atoms with Crippen molar-refractivity contribution in [3.8, 4) is 17.0 Å². The largest absolute Gasteiger partial charge is 0.489 e. The molecule has 1 saturated heterocycles. The van der Waals surface area contributed by atoms with Crippen LogP contribution in [0.4, 0.5) is 24.8 Å². The van der Waals surface area contributed by atoms with E-state index in [2.05, 4.69) is 44.5 Å². The number of carbonyl (C=O) groups is 1. The van der Waals surface area contributed by atoms with Crippen molar-refractivity contribution in [1.82, 2.24) is 30.0 Å². The molecule has 2 aliphatic heterocycles. The van der Waals surface area contributed by atoms with Crippen molar-refractivity contribution in [2.75, 3.05) is 29.9 Å². The lowest BCUT2D eigenvalue weighted by Gasteiger charge is -2.36. The van der Waals surface area contributed by atoms with E-state index in [4.69, 9.17) is 4.74 Å². The van der Waals surface area contributed by atoms with E-state index in [9.17, 15) is 18.0 Å². The van der Waals surface area contributed by atoms with Gasteiger partial charge in [-0.15, -0.1) is 0 Å². The van der Waals surface area contributed by atoms with Crippen LogP contribution in [0.15, 0.2) is 24.8 Å². The average molecular weight is 505 g/mol. The van der Waals surface area contributed by atoms with Crippen molar-refractivity contribution in [3.63, 3.8) is 0 Å². The Bertz CT molecular complexity index is 1270. The number of anilines is 2. The highest BCUT2D eigenvalue weighted by Crippen LogP contribution is 2.42. The van der Waals surface area contributed by atoms with Gasteiger partial charge in [0.05, 0.1) is 29.7 Å². The van der Waals surface area contributed by atoms with Gasteiger partial charge in [-0.05, 0) is 26.7 Å². The summed E-state index contributed by atoms with van der Waals surface area (Å²) in [5.74, 6) is -0.322. The molecule has 36 heavy (non-hydrogen) atoms. The number of aryl methyl sites for hydroxylation is 1. The second-order valence-corrected chi connectivity index (χ2v) is 9.68. The molecule has 0 aromatic carbocycles. The van der Waals surface area contributed by atoms with Crippen molar-refractivity contribution in [2.45, 2.75) is 44.4 Å². The lowest BCUT2D eigenvalue weighted by Crippen LogP contribution is -2.50. The first-order chi connectivity index (χ1) is 17.0. The maximum atomic E-state index is 13.9. The summed E-state index contributed by atoms with van der Waals surface area (Å²) in [4.78, 5) is 25.7. The highest BCUT2D eigenvalue weighted by Gasteiger charge is 2.38. The summed E-state index contributed by atoms with van der Waals surface area (Å²) in [6, 6.07) is -0.0307. The van der Waals surface area contributed by atoms with E-state index < -0.39 is 17.6 Å². The number of carbonyl (C=O) groups excluding carboxylic acids is 1. The summed E-state index contributed by atoms with van der Waals surface area (Å²) in [5, 5.41) is 10.6. The Balaban J connectivity index is 1.50. The van der Waals surface area contributed by atoms with Crippen LogP contribution in [0.2, 0.25) is 0 Å². The Kier molecular flexibility index (Phi) is 5.89. The Labute approximate surface area is 205 Å². The highest BCUT2D eigenvalue weighted by molar-refractivity contribution is 6.08. The Morgan fingerprint density at radius 2 is 2.08 bits per heavy atom. The van der Waals surface area contributed by atoms with Gasteiger partial charge in [-0.25, -0.2) is 9.97 Å². The van der Waals surface area contributed by atoms with Crippen molar-refractivity contribution >= 4 is 17.5 Å². The minimum Gasteiger partial charge on any atom is -0.489 e. The van der Waals surface area contributed by atoms with E-state index in [0.717, 1.165) is 19.0 Å². The molecule has 0 radical (unpaired) electrons. The molecule has 1 unspecified atom stereocenters. The number of rotatable bonds is 4. The summed E-state index contributed by atoms with van der Waals surface area (Å²) in [7, 11) is 1.73. The van der Waals surface area contributed by atoms with E-state index in [-0.39, 0.29) is 53.4 Å². The predicted octanol–water partition coefficient (Wildman–Crippen LogP) is 3.21. The molecule has 10 nitrogen and oxygen atoms in total. The predicted molar refractivity (Wildman–Crippen MR) is 126 cm³/mol. The second-order valence-electron chi connectivity index (χ2n) is 9.68. The van der Waals surface area contributed by atoms with Gasteiger partial charge >= 0.3 is 6.18 Å². The first-order valence-corrected chi connectivity index (χ1v) is 11.6. The van der Waals surface area contributed by atoms with Gasteiger partial charge in [0.15, 0.2) is 5.75 Å². The molecule has 1 atom stereocenters. The van der Waals surface area contributed by atoms with Crippen LogP contribution in [0.25, 0.3) is 11.3 Å². The quantitative estimate of drug-likeness (QED) is 0.500. The molecule has 1 amide bonds. The van der Waals surface area contributed by atoms with E-state index in [1.54, 1.807) is 17.9 Å². The molecule has 3 aromatic rings. The molecule has 1 fully saturated rings. The lowest BCUT2D eigenvalue weighted by atomic mass is 9.91. The first kappa shape index (κ1) is 24.1. The number of hydrogen-bond donors (Lipinski definition) is 3. The van der Waals surface area contributed by atoms with Gasteiger partial charge in [0.1, 0.15) is 17.9 Å². The van der Waals surface area contributed by atoms with Crippen LogP contribution < -0.4 is 20.3 Å². The minimum absolute atomic E-state index is 0.000601. The van der Waals surface area contributed by atoms with E-state index in [1.165, 1.54) is 17.3 Å². The van der Waals surface area contributed by atoms with Crippen LogP contribution in [0.1, 0.15) is 42.7 Å². The zero-order chi connectivity index (χ0) is 25.7. The van der Waals surface area contributed by atoms with Gasteiger partial charge in [0.2, 0.25) is 5.95 Å². The van der Waals surface area contributed by atoms with Crippen LogP contribution in [0.3, 0.4) is 0 Å². The van der Waals surface area contributed by atoms with Gasteiger partial charge in [0.25, 0.3) is 5.91 Å². The molecule has 3 aromatic heterocycles. The van der Waals surface area contributed by atoms with Gasteiger partial charge in [-0.1, -0.05) is 0 Å². The normalized spacial score (nSPS) is 20.0. The van der Waals surface area contributed by atoms with Crippen LogP contribution in [0, 0.1) is 0 Å². The average Bonchev–Trinajstić information content (AvgIpc) is 3.39. The number of alkyl halides is 3. The molecule has 13 heteroatoms. The third kappa shape index (κ3) is 4.62. The summed E-state index contributed by atoms with van der Waals surface area (Å²) in [6.07, 6.45) is 2.32. The zero-order valence-corrected chi connectivity index (χ0v) is 20.1.